The summed E-state index contributed by atoms with van der Waals surface area (Å²) < 4.78 is 0. The molecular formula is C24H34N2OS3. The van der Waals surface area contributed by atoms with Crippen molar-refractivity contribution in [1.82, 2.24) is 4.98 Å². The highest BCUT2D eigenvalue weighted by Crippen LogP contribution is 2.36. The molecule has 0 radical (unpaired) electrons. The number of unbranched alkanes of at least 4 members (excludes halogenated alkanes) is 5. The number of thioether (sulfide) groups is 3. The van der Waals surface area contributed by atoms with E-state index in [1.165, 1.54) is 32.1 Å². The number of pyridine rings is 1. The predicted octanol–water partition coefficient (Wildman–Crippen LogP) is 7.68. The zero-order chi connectivity index (χ0) is 21.8. The van der Waals surface area contributed by atoms with Gasteiger partial charge in [0.15, 0.2) is 0 Å². The van der Waals surface area contributed by atoms with Crippen LogP contribution in [-0.4, -0.2) is 28.7 Å². The van der Waals surface area contributed by atoms with Gasteiger partial charge in [-0.2, -0.15) is 0 Å². The molecule has 6 heteroatoms. The second kappa shape index (κ2) is 14.0. The highest BCUT2D eigenvalue weighted by molar-refractivity contribution is 8.00. The minimum Gasteiger partial charge on any atom is -0.322 e. The fraction of sp³-hybridized carbons (Fsp3) is 0.500. The molecule has 0 aliphatic carbocycles. The molecule has 3 nitrogen and oxygen atoms in total. The van der Waals surface area contributed by atoms with Crippen LogP contribution in [0, 0.1) is 6.92 Å². The molecule has 30 heavy (non-hydrogen) atoms. The molecule has 0 aliphatic rings. The van der Waals surface area contributed by atoms with Crippen molar-refractivity contribution in [1.29, 1.82) is 0 Å². The molecule has 1 atom stereocenters. The average molecular weight is 463 g/mol. The molecule has 0 aliphatic heterocycles. The van der Waals surface area contributed by atoms with Gasteiger partial charge >= 0.3 is 0 Å². The van der Waals surface area contributed by atoms with E-state index in [9.17, 15) is 4.79 Å². The van der Waals surface area contributed by atoms with Gasteiger partial charge in [0, 0.05) is 16.0 Å². The summed E-state index contributed by atoms with van der Waals surface area (Å²) in [5.41, 5.74) is 1.96. The Morgan fingerprint density at radius 2 is 1.73 bits per heavy atom. The van der Waals surface area contributed by atoms with Crippen molar-refractivity contribution < 1.29 is 4.79 Å². The van der Waals surface area contributed by atoms with E-state index in [0.29, 0.717) is 0 Å². The average Bonchev–Trinajstić information content (AvgIpc) is 2.76. The normalized spacial score (nSPS) is 12.0. The molecular weight excluding hydrogens is 428 g/mol. The van der Waals surface area contributed by atoms with Crippen molar-refractivity contribution in [3.8, 4) is 0 Å². The number of aryl methyl sites for hydroxylation is 1. The first-order chi connectivity index (χ1) is 14.6. The lowest BCUT2D eigenvalue weighted by Gasteiger charge is -2.20. The SMILES string of the molecule is CCCCCCCC[C@H](Sc1ccccc1)C(=O)Nc1c(SC)ncc(C)c1SC. The number of anilines is 1. The summed E-state index contributed by atoms with van der Waals surface area (Å²) in [5.74, 6) is 0.0791. The fourth-order valence-corrected chi connectivity index (χ4v) is 5.72. The van der Waals surface area contributed by atoms with Crippen LogP contribution in [-0.2, 0) is 4.79 Å². The number of hydrogen-bond acceptors (Lipinski definition) is 5. The number of nitrogens with zero attached hydrogens (tertiary/aromatic N) is 1. The van der Waals surface area contributed by atoms with E-state index in [1.54, 1.807) is 35.3 Å². The minimum absolute atomic E-state index is 0.0791. The lowest BCUT2D eigenvalue weighted by molar-refractivity contribution is -0.115. The molecule has 164 valence electrons. The van der Waals surface area contributed by atoms with E-state index in [1.807, 2.05) is 37.6 Å². The maximum Gasteiger partial charge on any atom is 0.237 e. The largest absolute Gasteiger partial charge is 0.322 e. The zero-order valence-corrected chi connectivity index (χ0v) is 21.0. The van der Waals surface area contributed by atoms with E-state index < -0.39 is 0 Å². The van der Waals surface area contributed by atoms with Crippen molar-refractivity contribution in [2.45, 2.75) is 78.9 Å². The highest BCUT2D eigenvalue weighted by atomic mass is 32.2. The van der Waals surface area contributed by atoms with Gasteiger partial charge in [-0.3, -0.25) is 4.79 Å². The summed E-state index contributed by atoms with van der Waals surface area (Å²) in [4.78, 5) is 20.1. The van der Waals surface area contributed by atoms with E-state index >= 15 is 0 Å². The van der Waals surface area contributed by atoms with Crippen LogP contribution in [0.1, 0.15) is 57.4 Å². The number of benzene rings is 1. The molecule has 0 saturated heterocycles. The van der Waals surface area contributed by atoms with Gasteiger partial charge in [-0.25, -0.2) is 4.98 Å². The van der Waals surface area contributed by atoms with E-state index in [0.717, 1.165) is 38.9 Å². The Kier molecular flexibility index (Phi) is 11.8. The summed E-state index contributed by atoms with van der Waals surface area (Å²) in [6, 6.07) is 10.2. The number of amides is 1. The Morgan fingerprint density at radius 1 is 1.03 bits per heavy atom. The second-order valence-electron chi connectivity index (χ2n) is 7.32. The van der Waals surface area contributed by atoms with Crippen LogP contribution < -0.4 is 5.32 Å². The summed E-state index contributed by atoms with van der Waals surface area (Å²) in [7, 11) is 0. The van der Waals surface area contributed by atoms with Crippen molar-refractivity contribution in [3.05, 3.63) is 42.1 Å². The third kappa shape index (κ3) is 7.86. The number of nitrogens with one attached hydrogen (secondary N) is 1. The fourth-order valence-electron chi connectivity index (χ4n) is 3.32. The first kappa shape index (κ1) is 25.2. The molecule has 1 amide bonds. The molecule has 0 fully saturated rings. The van der Waals surface area contributed by atoms with Gasteiger partial charge in [-0.05, 0) is 43.6 Å². The standard InChI is InChI=1S/C24H34N2OS3/c1-5-6-7-8-9-13-16-20(30-19-14-11-10-12-15-19)23(27)26-21-22(28-3)18(2)17-25-24(21)29-4/h10-12,14-15,17,20H,5-9,13,16H2,1-4H3,(H,26,27)/t20-/m0/s1. The van der Waals surface area contributed by atoms with Crippen LogP contribution in [0.3, 0.4) is 0 Å². The molecule has 1 heterocycles. The van der Waals surface area contributed by atoms with Crippen LogP contribution in [0.4, 0.5) is 5.69 Å². The van der Waals surface area contributed by atoms with Gasteiger partial charge in [0.2, 0.25) is 5.91 Å². The van der Waals surface area contributed by atoms with Gasteiger partial charge < -0.3 is 5.32 Å². The molecule has 2 aromatic rings. The molecule has 0 unspecified atom stereocenters. The summed E-state index contributed by atoms with van der Waals surface area (Å²) >= 11 is 4.91. The topological polar surface area (TPSA) is 42.0 Å². The third-order valence-corrected chi connectivity index (χ3v) is 7.86. The Morgan fingerprint density at radius 3 is 2.40 bits per heavy atom. The Labute approximate surface area is 195 Å². The maximum atomic E-state index is 13.4. The number of rotatable bonds is 13. The molecule has 1 N–H and O–H groups in total. The molecule has 1 aromatic heterocycles. The van der Waals surface area contributed by atoms with E-state index in [4.69, 9.17) is 0 Å². The number of carbonyl (C=O) groups is 1. The van der Waals surface area contributed by atoms with Crippen LogP contribution in [0.2, 0.25) is 0 Å². The third-order valence-electron chi connectivity index (χ3n) is 4.95. The Hall–Kier alpha value is -1.11. The first-order valence-corrected chi connectivity index (χ1v) is 14.0. The summed E-state index contributed by atoms with van der Waals surface area (Å²) in [6.07, 6.45) is 14.2. The smallest absolute Gasteiger partial charge is 0.237 e. The Balaban J connectivity index is 2.13. The lowest BCUT2D eigenvalue weighted by atomic mass is 10.1. The monoisotopic (exact) mass is 462 g/mol. The van der Waals surface area contributed by atoms with Crippen LogP contribution in [0.15, 0.2) is 51.3 Å². The van der Waals surface area contributed by atoms with Crippen LogP contribution >= 0.6 is 35.3 Å². The first-order valence-electron chi connectivity index (χ1n) is 10.7. The quantitative estimate of drug-likeness (QED) is 0.244. The molecule has 0 saturated carbocycles. The second-order valence-corrected chi connectivity index (χ2v) is 10.2. The number of aromatic nitrogens is 1. The van der Waals surface area contributed by atoms with Gasteiger partial charge in [-0.1, -0.05) is 63.6 Å². The van der Waals surface area contributed by atoms with Gasteiger partial charge in [0.05, 0.1) is 10.9 Å². The Bertz CT molecular complexity index is 784. The van der Waals surface area contributed by atoms with Crippen LogP contribution in [0.5, 0.6) is 0 Å². The number of carbonyl (C=O) groups excluding carboxylic acids is 1. The van der Waals surface area contributed by atoms with Crippen LogP contribution in [0.25, 0.3) is 0 Å². The predicted molar refractivity (Wildman–Crippen MR) is 135 cm³/mol. The van der Waals surface area contributed by atoms with E-state index in [-0.39, 0.29) is 11.2 Å². The lowest BCUT2D eigenvalue weighted by Crippen LogP contribution is -2.26. The molecule has 1 aromatic carbocycles. The summed E-state index contributed by atoms with van der Waals surface area (Å²) in [5, 5.41) is 4.01. The van der Waals surface area contributed by atoms with Crippen molar-refractivity contribution in [2.24, 2.45) is 0 Å². The minimum atomic E-state index is -0.108. The maximum absolute atomic E-state index is 13.4. The van der Waals surface area contributed by atoms with Crippen molar-refractivity contribution in [2.75, 3.05) is 17.8 Å². The number of hydrogen-bond donors (Lipinski definition) is 1. The molecule has 2 rings (SSSR count). The van der Waals surface area contributed by atoms with E-state index in [2.05, 4.69) is 35.6 Å². The van der Waals surface area contributed by atoms with Crippen molar-refractivity contribution >= 4 is 46.9 Å². The van der Waals surface area contributed by atoms with Gasteiger partial charge in [-0.15, -0.1) is 35.3 Å². The zero-order valence-electron chi connectivity index (χ0n) is 18.6. The van der Waals surface area contributed by atoms with Gasteiger partial charge in [0.1, 0.15) is 5.03 Å². The molecule has 0 bridgehead atoms. The van der Waals surface area contributed by atoms with Gasteiger partial charge in [0.25, 0.3) is 0 Å². The summed E-state index contributed by atoms with van der Waals surface area (Å²) in [6.45, 7) is 4.29. The molecule has 0 spiro atoms. The highest BCUT2D eigenvalue weighted by Gasteiger charge is 2.23. The van der Waals surface area contributed by atoms with Crippen molar-refractivity contribution in [3.63, 3.8) is 0 Å².